The lowest BCUT2D eigenvalue weighted by molar-refractivity contribution is 0.243. The van der Waals surface area contributed by atoms with Crippen molar-refractivity contribution in [1.82, 2.24) is 0 Å². The van der Waals surface area contributed by atoms with Gasteiger partial charge in [-0.3, -0.25) is 0 Å². The van der Waals surface area contributed by atoms with E-state index in [0.29, 0.717) is 6.04 Å². The molecule has 1 aromatic rings. The Morgan fingerprint density at radius 1 is 1.44 bits per heavy atom. The lowest BCUT2D eigenvalue weighted by Crippen LogP contribution is -2.39. The first kappa shape index (κ1) is 11.1. The molecule has 16 heavy (non-hydrogen) atoms. The Kier molecular flexibility index (Phi) is 2.95. The molecule has 1 atom stereocenters. The summed E-state index contributed by atoms with van der Waals surface area (Å²) in [6.45, 7) is 7.27. The molecule has 1 unspecified atom stereocenters. The number of rotatable bonds is 2. The Hall–Kier alpha value is -1.38. The minimum atomic E-state index is 0.206. The number of nitrogens with zero attached hydrogens (tertiary/aromatic N) is 1. The summed E-state index contributed by atoms with van der Waals surface area (Å²) < 4.78 is 5.81. The second-order valence-corrected chi connectivity index (χ2v) is 4.66. The van der Waals surface area contributed by atoms with E-state index >= 15 is 0 Å². The van der Waals surface area contributed by atoms with Crippen LogP contribution in [0.2, 0.25) is 0 Å². The van der Waals surface area contributed by atoms with Gasteiger partial charge in [-0.2, -0.15) is 0 Å². The Labute approximate surface area is 97.4 Å². The van der Waals surface area contributed by atoms with Crippen LogP contribution in [0.5, 0.6) is 5.75 Å². The summed E-state index contributed by atoms with van der Waals surface area (Å²) in [5.41, 5.74) is 2.34. The highest BCUT2D eigenvalue weighted by Crippen LogP contribution is 2.38. The molecule has 2 rings (SSSR count). The molecule has 1 heterocycles. The normalized spacial score (nSPS) is 19.3. The van der Waals surface area contributed by atoms with Crippen LogP contribution in [0, 0.1) is 0 Å². The molecule has 88 valence electrons. The van der Waals surface area contributed by atoms with Gasteiger partial charge in [-0.1, -0.05) is 6.07 Å². The molecule has 0 saturated heterocycles. The maximum atomic E-state index is 5.81. The van der Waals surface area contributed by atoms with Crippen LogP contribution < -0.4 is 15.0 Å². The van der Waals surface area contributed by atoms with Gasteiger partial charge in [0, 0.05) is 19.6 Å². The van der Waals surface area contributed by atoms with E-state index in [1.807, 2.05) is 12.1 Å². The molecule has 1 N–H and O–H groups in total. The van der Waals surface area contributed by atoms with Crippen molar-refractivity contribution in [2.45, 2.75) is 32.9 Å². The molecule has 1 aliphatic rings. The topological polar surface area (TPSA) is 24.5 Å². The number of hydrogen-bond acceptors (Lipinski definition) is 3. The SMILES string of the molecule is CC(C)Oc1cccc2c1NCC(C)N2C. The van der Waals surface area contributed by atoms with E-state index in [4.69, 9.17) is 4.74 Å². The number of hydrogen-bond donors (Lipinski definition) is 1. The summed E-state index contributed by atoms with van der Waals surface area (Å²) in [5.74, 6) is 0.950. The van der Waals surface area contributed by atoms with Crippen molar-refractivity contribution in [1.29, 1.82) is 0 Å². The van der Waals surface area contributed by atoms with Crippen LogP contribution in [0.1, 0.15) is 20.8 Å². The molecule has 0 aliphatic carbocycles. The number of fused-ring (bicyclic) bond motifs is 1. The van der Waals surface area contributed by atoms with Crippen LogP contribution >= 0.6 is 0 Å². The molecule has 0 saturated carbocycles. The third-order valence-corrected chi connectivity index (χ3v) is 2.98. The summed E-state index contributed by atoms with van der Waals surface area (Å²) in [5, 5.41) is 3.45. The average molecular weight is 220 g/mol. The molecule has 3 nitrogen and oxygen atoms in total. The maximum Gasteiger partial charge on any atom is 0.144 e. The molecule has 1 aliphatic heterocycles. The summed E-state index contributed by atoms with van der Waals surface area (Å²) >= 11 is 0. The van der Waals surface area contributed by atoms with Gasteiger partial charge >= 0.3 is 0 Å². The average Bonchev–Trinajstić information content (AvgIpc) is 2.23. The minimum Gasteiger partial charge on any atom is -0.489 e. The van der Waals surface area contributed by atoms with Gasteiger partial charge in [0.05, 0.1) is 11.8 Å². The molecular weight excluding hydrogens is 200 g/mol. The predicted molar refractivity (Wildman–Crippen MR) is 68.6 cm³/mol. The Morgan fingerprint density at radius 2 is 2.19 bits per heavy atom. The molecule has 0 aromatic heterocycles. The first-order valence-corrected chi connectivity index (χ1v) is 5.86. The summed E-state index contributed by atoms with van der Waals surface area (Å²) in [7, 11) is 2.13. The quantitative estimate of drug-likeness (QED) is 0.829. The van der Waals surface area contributed by atoms with Crippen LogP contribution in [0.25, 0.3) is 0 Å². The lowest BCUT2D eigenvalue weighted by atomic mass is 10.1. The minimum absolute atomic E-state index is 0.206. The zero-order valence-electron chi connectivity index (χ0n) is 10.4. The second kappa shape index (κ2) is 4.24. The van der Waals surface area contributed by atoms with Gasteiger partial charge in [-0.25, -0.2) is 0 Å². The first-order valence-electron chi connectivity index (χ1n) is 5.86. The highest BCUT2D eigenvalue weighted by atomic mass is 16.5. The summed E-state index contributed by atoms with van der Waals surface area (Å²) in [6, 6.07) is 6.72. The van der Waals surface area contributed by atoms with Gasteiger partial charge in [0.25, 0.3) is 0 Å². The first-order chi connectivity index (χ1) is 7.59. The highest BCUT2D eigenvalue weighted by molar-refractivity contribution is 5.78. The zero-order chi connectivity index (χ0) is 11.7. The van der Waals surface area contributed by atoms with Gasteiger partial charge in [-0.15, -0.1) is 0 Å². The fourth-order valence-electron chi connectivity index (χ4n) is 1.97. The zero-order valence-corrected chi connectivity index (χ0v) is 10.4. The van der Waals surface area contributed by atoms with Gasteiger partial charge in [0.2, 0.25) is 0 Å². The molecule has 0 spiro atoms. The number of nitrogens with one attached hydrogen (secondary N) is 1. The van der Waals surface area contributed by atoms with E-state index in [-0.39, 0.29) is 6.10 Å². The molecule has 0 fully saturated rings. The molecular formula is C13H20N2O. The van der Waals surface area contributed by atoms with Crippen LogP contribution in [-0.2, 0) is 0 Å². The largest absolute Gasteiger partial charge is 0.489 e. The van der Waals surface area contributed by atoms with Gasteiger partial charge < -0.3 is 15.0 Å². The van der Waals surface area contributed by atoms with E-state index in [1.165, 1.54) is 5.69 Å². The fourth-order valence-corrected chi connectivity index (χ4v) is 1.97. The van der Waals surface area contributed by atoms with Crippen molar-refractivity contribution in [2.24, 2.45) is 0 Å². The smallest absolute Gasteiger partial charge is 0.144 e. The number of likely N-dealkylation sites (N-methyl/N-ethyl adjacent to an activating group) is 1. The van der Waals surface area contributed by atoms with Gasteiger partial charge in [0.15, 0.2) is 0 Å². The van der Waals surface area contributed by atoms with E-state index in [9.17, 15) is 0 Å². The van der Waals surface area contributed by atoms with E-state index < -0.39 is 0 Å². The summed E-state index contributed by atoms with van der Waals surface area (Å²) in [6.07, 6.45) is 0.206. The molecule has 3 heteroatoms. The van der Waals surface area contributed by atoms with E-state index in [1.54, 1.807) is 0 Å². The Bertz CT molecular complexity index is 376. The van der Waals surface area contributed by atoms with Crippen molar-refractivity contribution in [3.05, 3.63) is 18.2 Å². The van der Waals surface area contributed by atoms with Crippen molar-refractivity contribution < 1.29 is 4.74 Å². The molecule has 0 bridgehead atoms. The third kappa shape index (κ3) is 1.94. The second-order valence-electron chi connectivity index (χ2n) is 4.66. The number of para-hydroxylation sites is 1. The van der Waals surface area contributed by atoms with E-state index in [2.05, 4.69) is 44.1 Å². The van der Waals surface area contributed by atoms with Crippen LogP contribution in [0.15, 0.2) is 18.2 Å². The summed E-state index contributed by atoms with van der Waals surface area (Å²) in [4.78, 5) is 2.29. The third-order valence-electron chi connectivity index (χ3n) is 2.98. The Morgan fingerprint density at radius 3 is 2.88 bits per heavy atom. The molecule has 0 amide bonds. The molecule has 1 aromatic carbocycles. The van der Waals surface area contributed by atoms with Crippen molar-refractivity contribution >= 4 is 11.4 Å². The van der Waals surface area contributed by atoms with Crippen LogP contribution in [0.4, 0.5) is 11.4 Å². The fraction of sp³-hybridized carbons (Fsp3) is 0.538. The van der Waals surface area contributed by atoms with Crippen molar-refractivity contribution in [3.8, 4) is 5.75 Å². The van der Waals surface area contributed by atoms with Crippen LogP contribution in [0.3, 0.4) is 0 Å². The standard InChI is InChI=1S/C13H20N2O/c1-9(2)16-12-7-5-6-11-13(12)14-8-10(3)15(11)4/h5-7,9-10,14H,8H2,1-4H3. The number of benzene rings is 1. The highest BCUT2D eigenvalue weighted by Gasteiger charge is 2.22. The Balaban J connectivity index is 2.36. The maximum absolute atomic E-state index is 5.81. The van der Waals surface area contributed by atoms with Gasteiger partial charge in [0.1, 0.15) is 11.4 Å². The monoisotopic (exact) mass is 220 g/mol. The lowest BCUT2D eigenvalue weighted by Gasteiger charge is -2.35. The number of ether oxygens (including phenoxy) is 1. The number of anilines is 2. The van der Waals surface area contributed by atoms with Gasteiger partial charge in [-0.05, 0) is 32.9 Å². The van der Waals surface area contributed by atoms with Crippen molar-refractivity contribution in [3.63, 3.8) is 0 Å². The predicted octanol–water partition coefficient (Wildman–Crippen LogP) is 2.72. The van der Waals surface area contributed by atoms with E-state index in [0.717, 1.165) is 18.0 Å². The molecule has 0 radical (unpaired) electrons. The van der Waals surface area contributed by atoms with Crippen molar-refractivity contribution in [2.75, 3.05) is 23.8 Å². The van der Waals surface area contributed by atoms with Crippen LogP contribution in [-0.4, -0.2) is 25.7 Å².